The fourth-order valence-electron chi connectivity index (χ4n) is 4.62. The Bertz CT molecular complexity index is 1170. The quantitative estimate of drug-likeness (QED) is 0.517. The first kappa shape index (κ1) is 21.5. The predicted molar refractivity (Wildman–Crippen MR) is 131 cm³/mol. The first-order valence-electron chi connectivity index (χ1n) is 11.8. The Labute approximate surface area is 194 Å². The lowest BCUT2D eigenvalue weighted by molar-refractivity contribution is -0.116. The third-order valence-electron chi connectivity index (χ3n) is 6.45. The van der Waals surface area contributed by atoms with Crippen LogP contribution in [0.5, 0.6) is 5.75 Å². The molecule has 3 heterocycles. The zero-order valence-electron chi connectivity index (χ0n) is 18.9. The summed E-state index contributed by atoms with van der Waals surface area (Å²) in [5, 5.41) is 7.77. The van der Waals surface area contributed by atoms with Crippen LogP contribution in [0, 0.1) is 0 Å². The third kappa shape index (κ3) is 4.86. The smallest absolute Gasteiger partial charge is 0.224 e. The number of anilines is 1. The van der Waals surface area contributed by atoms with Gasteiger partial charge in [0.05, 0.1) is 18.0 Å². The van der Waals surface area contributed by atoms with Gasteiger partial charge in [-0.15, -0.1) is 0 Å². The molecule has 1 amide bonds. The number of amides is 1. The maximum Gasteiger partial charge on any atom is 0.224 e. The van der Waals surface area contributed by atoms with Gasteiger partial charge in [-0.25, -0.2) is 4.68 Å². The van der Waals surface area contributed by atoms with E-state index in [9.17, 15) is 4.79 Å². The molecule has 0 spiro atoms. The average molecular weight is 443 g/mol. The SMILES string of the molecule is C=Cc1ccccc1-n1cc2c(n1)CCN(CCCCOc1ccc3c(c1)NC(=O)CC3)C2. The van der Waals surface area contributed by atoms with Crippen LogP contribution < -0.4 is 10.1 Å². The van der Waals surface area contributed by atoms with Crippen LogP contribution in [0.4, 0.5) is 5.69 Å². The molecule has 0 saturated heterocycles. The highest BCUT2D eigenvalue weighted by Crippen LogP contribution is 2.27. The molecular weight excluding hydrogens is 412 g/mol. The zero-order valence-corrected chi connectivity index (χ0v) is 18.9. The summed E-state index contributed by atoms with van der Waals surface area (Å²) in [6, 6.07) is 14.2. The van der Waals surface area contributed by atoms with Crippen molar-refractivity contribution in [3.8, 4) is 11.4 Å². The van der Waals surface area contributed by atoms with Gasteiger partial charge in [0, 0.05) is 49.4 Å². The monoisotopic (exact) mass is 442 g/mol. The number of hydrogen-bond acceptors (Lipinski definition) is 4. The van der Waals surface area contributed by atoms with Crippen LogP contribution in [0.1, 0.15) is 41.6 Å². The molecule has 0 unspecified atom stereocenters. The highest BCUT2D eigenvalue weighted by Gasteiger charge is 2.20. The number of unbranched alkanes of at least 4 members (excludes halogenated alkanes) is 1. The van der Waals surface area contributed by atoms with Gasteiger partial charge < -0.3 is 10.1 Å². The molecule has 0 aliphatic carbocycles. The summed E-state index contributed by atoms with van der Waals surface area (Å²) < 4.78 is 7.94. The molecule has 6 nitrogen and oxygen atoms in total. The number of fused-ring (bicyclic) bond motifs is 2. The minimum atomic E-state index is 0.0831. The summed E-state index contributed by atoms with van der Waals surface area (Å²) >= 11 is 0. The Kier molecular flexibility index (Phi) is 6.26. The topological polar surface area (TPSA) is 59.4 Å². The molecule has 1 N–H and O–H groups in total. The minimum Gasteiger partial charge on any atom is -0.494 e. The summed E-state index contributed by atoms with van der Waals surface area (Å²) in [5.41, 5.74) is 6.76. The molecule has 5 rings (SSSR count). The average Bonchev–Trinajstić information content (AvgIpc) is 3.27. The van der Waals surface area contributed by atoms with E-state index in [0.717, 1.165) is 68.0 Å². The highest BCUT2D eigenvalue weighted by molar-refractivity contribution is 5.94. The van der Waals surface area contributed by atoms with Gasteiger partial charge in [-0.2, -0.15) is 5.10 Å². The molecule has 6 heteroatoms. The Balaban J connectivity index is 1.10. The lowest BCUT2D eigenvalue weighted by atomic mass is 10.0. The number of carbonyl (C=O) groups excluding carboxylic acids is 1. The summed E-state index contributed by atoms with van der Waals surface area (Å²) in [6.07, 6.45) is 8.48. The van der Waals surface area contributed by atoms with Crippen LogP contribution in [-0.2, 0) is 24.2 Å². The van der Waals surface area contributed by atoms with Crippen LogP contribution >= 0.6 is 0 Å². The maximum atomic E-state index is 11.6. The molecule has 2 aromatic carbocycles. The van der Waals surface area contributed by atoms with Crippen LogP contribution in [0.3, 0.4) is 0 Å². The van der Waals surface area contributed by atoms with Crippen molar-refractivity contribution >= 4 is 17.7 Å². The number of ether oxygens (including phenoxy) is 1. The summed E-state index contributed by atoms with van der Waals surface area (Å²) in [6.45, 7) is 7.64. The zero-order chi connectivity index (χ0) is 22.6. The number of nitrogens with one attached hydrogen (secondary N) is 1. The van der Waals surface area contributed by atoms with Gasteiger partial charge >= 0.3 is 0 Å². The van der Waals surface area contributed by atoms with Crippen molar-refractivity contribution in [2.45, 2.75) is 38.6 Å². The fourth-order valence-corrected chi connectivity index (χ4v) is 4.62. The number of hydrogen-bond donors (Lipinski definition) is 1. The van der Waals surface area contributed by atoms with Gasteiger partial charge in [0.15, 0.2) is 0 Å². The van der Waals surface area contributed by atoms with E-state index in [1.807, 2.05) is 35.0 Å². The van der Waals surface area contributed by atoms with Crippen molar-refractivity contribution in [3.05, 3.63) is 77.6 Å². The lowest BCUT2D eigenvalue weighted by Crippen LogP contribution is -2.31. The number of carbonyl (C=O) groups is 1. The van der Waals surface area contributed by atoms with E-state index < -0.39 is 0 Å². The Morgan fingerprint density at radius 1 is 1.09 bits per heavy atom. The molecule has 0 atom stereocenters. The van der Waals surface area contributed by atoms with Crippen molar-refractivity contribution in [1.29, 1.82) is 0 Å². The van der Waals surface area contributed by atoms with Crippen LogP contribution in [0.15, 0.2) is 55.2 Å². The van der Waals surface area contributed by atoms with E-state index in [4.69, 9.17) is 9.84 Å². The third-order valence-corrected chi connectivity index (χ3v) is 6.45. The van der Waals surface area contributed by atoms with Crippen LogP contribution in [0.25, 0.3) is 11.8 Å². The van der Waals surface area contributed by atoms with Crippen molar-refractivity contribution in [3.63, 3.8) is 0 Å². The van der Waals surface area contributed by atoms with E-state index in [2.05, 4.69) is 41.2 Å². The van der Waals surface area contributed by atoms with E-state index >= 15 is 0 Å². The Morgan fingerprint density at radius 3 is 2.91 bits per heavy atom. The standard InChI is InChI=1S/C27H30N4O2/c1-2-20-7-3-4-8-26(20)31-19-22-18-30(15-13-24(22)29-31)14-5-6-16-33-23-11-9-21-10-12-27(32)28-25(21)17-23/h2-4,7-9,11,17,19H,1,5-6,10,12-16,18H2,(H,28,32). The van der Waals surface area contributed by atoms with Crippen molar-refractivity contribution in [2.75, 3.05) is 25.0 Å². The summed E-state index contributed by atoms with van der Waals surface area (Å²) in [4.78, 5) is 14.1. The number of aryl methyl sites for hydroxylation is 1. The van der Waals surface area contributed by atoms with Crippen molar-refractivity contribution in [2.24, 2.45) is 0 Å². The molecule has 0 saturated carbocycles. The normalized spacial score (nSPS) is 15.5. The van der Waals surface area contributed by atoms with Gasteiger partial charge in [-0.05, 0) is 49.1 Å². The van der Waals surface area contributed by atoms with Gasteiger partial charge in [-0.1, -0.05) is 36.9 Å². The molecule has 2 aliphatic heterocycles. The number of nitrogens with zero attached hydrogens (tertiary/aromatic N) is 3. The van der Waals surface area contributed by atoms with Gasteiger partial charge in [0.2, 0.25) is 5.91 Å². The minimum absolute atomic E-state index is 0.0831. The first-order valence-corrected chi connectivity index (χ1v) is 11.8. The van der Waals surface area contributed by atoms with Crippen molar-refractivity contribution in [1.82, 2.24) is 14.7 Å². The summed E-state index contributed by atoms with van der Waals surface area (Å²) in [5.74, 6) is 0.908. The molecular formula is C27H30N4O2. The number of rotatable bonds is 8. The Morgan fingerprint density at radius 2 is 2.00 bits per heavy atom. The second kappa shape index (κ2) is 9.63. The molecule has 0 bridgehead atoms. The number of para-hydroxylation sites is 1. The predicted octanol–water partition coefficient (Wildman–Crippen LogP) is 4.62. The van der Waals surface area contributed by atoms with Crippen LogP contribution in [0.2, 0.25) is 0 Å². The highest BCUT2D eigenvalue weighted by atomic mass is 16.5. The summed E-state index contributed by atoms with van der Waals surface area (Å²) in [7, 11) is 0. The van der Waals surface area contributed by atoms with Crippen LogP contribution in [-0.4, -0.2) is 40.3 Å². The van der Waals surface area contributed by atoms with E-state index in [0.29, 0.717) is 13.0 Å². The second-order valence-corrected chi connectivity index (χ2v) is 8.76. The number of benzene rings is 2. The largest absolute Gasteiger partial charge is 0.494 e. The van der Waals surface area contributed by atoms with Gasteiger partial charge in [-0.3, -0.25) is 9.69 Å². The molecule has 0 fully saturated rings. The molecule has 33 heavy (non-hydrogen) atoms. The lowest BCUT2D eigenvalue weighted by Gasteiger charge is -2.25. The molecule has 2 aliphatic rings. The van der Waals surface area contributed by atoms with E-state index in [1.54, 1.807) is 0 Å². The fraction of sp³-hybridized carbons (Fsp3) is 0.333. The second-order valence-electron chi connectivity index (χ2n) is 8.76. The van der Waals surface area contributed by atoms with Gasteiger partial charge in [0.25, 0.3) is 0 Å². The maximum absolute atomic E-state index is 11.6. The number of aromatic nitrogens is 2. The van der Waals surface area contributed by atoms with Gasteiger partial charge in [0.1, 0.15) is 5.75 Å². The Hall–Kier alpha value is -3.38. The molecule has 1 aromatic heterocycles. The first-order chi connectivity index (χ1) is 16.2. The van der Waals surface area contributed by atoms with Crippen molar-refractivity contribution < 1.29 is 9.53 Å². The molecule has 3 aromatic rings. The van der Waals surface area contributed by atoms with E-state index in [1.165, 1.54) is 16.8 Å². The van der Waals surface area contributed by atoms with E-state index in [-0.39, 0.29) is 5.91 Å². The molecule has 170 valence electrons. The molecule has 0 radical (unpaired) electrons.